The van der Waals surface area contributed by atoms with Crippen LogP contribution >= 0.6 is 11.6 Å². The predicted molar refractivity (Wildman–Crippen MR) is 73.0 cm³/mol. The first kappa shape index (κ1) is 18.0. The fraction of sp³-hybridized carbons (Fsp3) is 0.308. The number of azo groups is 1. The summed E-state index contributed by atoms with van der Waals surface area (Å²) in [6.07, 6.45) is -4.52. The van der Waals surface area contributed by atoms with Gasteiger partial charge in [0, 0.05) is 0 Å². The number of carbonyl (C=O) groups is 1. The van der Waals surface area contributed by atoms with Crippen LogP contribution in [-0.4, -0.2) is 23.6 Å². The van der Waals surface area contributed by atoms with Gasteiger partial charge in [0.15, 0.2) is 0 Å². The third-order valence-corrected chi connectivity index (χ3v) is 2.56. The van der Waals surface area contributed by atoms with Crippen LogP contribution in [0.2, 0.25) is 0 Å². The molecule has 22 heavy (non-hydrogen) atoms. The molecule has 9 heteroatoms. The molecule has 0 atom stereocenters. The van der Waals surface area contributed by atoms with E-state index in [9.17, 15) is 23.1 Å². The van der Waals surface area contributed by atoms with E-state index in [-0.39, 0.29) is 12.3 Å². The molecule has 1 rings (SSSR count). The first-order valence-corrected chi connectivity index (χ1v) is 6.57. The second kappa shape index (κ2) is 7.79. The number of hydrogen-bond acceptors (Lipinski definition) is 5. The van der Waals surface area contributed by atoms with Crippen LogP contribution in [0.15, 0.2) is 46.0 Å². The van der Waals surface area contributed by atoms with Gasteiger partial charge in [0.25, 0.3) is 0 Å². The van der Waals surface area contributed by atoms with Gasteiger partial charge in [-0.2, -0.15) is 18.3 Å². The molecule has 0 heterocycles. The fourth-order valence-electron chi connectivity index (χ4n) is 1.33. The Morgan fingerprint density at radius 3 is 2.64 bits per heavy atom. The van der Waals surface area contributed by atoms with E-state index >= 15 is 0 Å². The van der Waals surface area contributed by atoms with Gasteiger partial charge in [0.1, 0.15) is 5.76 Å². The topological polar surface area (TPSA) is 71.2 Å². The predicted octanol–water partition coefficient (Wildman–Crippen LogP) is 4.36. The van der Waals surface area contributed by atoms with Crippen molar-refractivity contribution in [3.63, 3.8) is 0 Å². The van der Waals surface area contributed by atoms with E-state index in [1.165, 1.54) is 13.0 Å². The lowest BCUT2D eigenvalue weighted by Crippen LogP contribution is -2.09. The highest BCUT2D eigenvalue weighted by Crippen LogP contribution is 2.31. The molecule has 0 unspecified atom stereocenters. The molecular formula is C13H12ClF3N2O3. The van der Waals surface area contributed by atoms with Crippen LogP contribution in [0.4, 0.5) is 18.9 Å². The van der Waals surface area contributed by atoms with E-state index in [1.807, 2.05) is 0 Å². The number of benzene rings is 1. The molecule has 0 aromatic heterocycles. The summed E-state index contributed by atoms with van der Waals surface area (Å²) in [6.45, 7) is 1.56. The summed E-state index contributed by atoms with van der Waals surface area (Å²) in [6, 6.07) is 4.03. The molecule has 0 spiro atoms. The molecule has 1 N–H and O–H groups in total. The minimum Gasteiger partial charge on any atom is -0.508 e. The van der Waals surface area contributed by atoms with E-state index in [4.69, 9.17) is 11.6 Å². The molecule has 0 amide bonds. The van der Waals surface area contributed by atoms with Gasteiger partial charge >= 0.3 is 12.1 Å². The third-order valence-electron chi connectivity index (χ3n) is 2.31. The Kier molecular flexibility index (Phi) is 6.36. The zero-order chi connectivity index (χ0) is 16.8. The highest BCUT2D eigenvalue weighted by atomic mass is 35.5. The number of ether oxygens (including phenoxy) is 1. The number of esters is 1. The van der Waals surface area contributed by atoms with Gasteiger partial charge in [-0.05, 0) is 25.1 Å². The van der Waals surface area contributed by atoms with E-state index < -0.39 is 35.0 Å². The molecule has 0 saturated carbocycles. The summed E-state index contributed by atoms with van der Waals surface area (Å²) < 4.78 is 42.3. The second-order valence-electron chi connectivity index (χ2n) is 3.90. The Hall–Kier alpha value is -2.09. The average molecular weight is 337 g/mol. The molecule has 1 aromatic carbocycles. The van der Waals surface area contributed by atoms with Gasteiger partial charge in [-0.15, -0.1) is 16.7 Å². The maximum atomic E-state index is 12.6. The fourth-order valence-corrected chi connectivity index (χ4v) is 1.46. The highest BCUT2D eigenvalue weighted by Gasteiger charge is 2.30. The van der Waals surface area contributed by atoms with Crippen LogP contribution in [-0.2, 0) is 15.7 Å². The van der Waals surface area contributed by atoms with Crippen molar-refractivity contribution in [2.24, 2.45) is 10.2 Å². The van der Waals surface area contributed by atoms with Crippen LogP contribution in [0.1, 0.15) is 12.5 Å². The van der Waals surface area contributed by atoms with Crippen LogP contribution in [0.25, 0.3) is 0 Å². The van der Waals surface area contributed by atoms with Crippen molar-refractivity contribution < 1.29 is 27.8 Å². The Balaban J connectivity index is 3.09. The number of aliphatic hydroxyl groups is 1. The van der Waals surface area contributed by atoms with Crippen molar-refractivity contribution in [1.82, 2.24) is 0 Å². The molecular weight excluding hydrogens is 325 g/mol. The number of rotatable bonds is 5. The Labute approximate surface area is 129 Å². The van der Waals surface area contributed by atoms with Crippen LogP contribution < -0.4 is 0 Å². The van der Waals surface area contributed by atoms with Crippen molar-refractivity contribution in [2.75, 3.05) is 12.5 Å². The number of allylic oxidation sites excluding steroid dienone is 1. The van der Waals surface area contributed by atoms with Gasteiger partial charge < -0.3 is 9.84 Å². The lowest BCUT2D eigenvalue weighted by Gasteiger charge is -2.06. The first-order valence-electron chi connectivity index (χ1n) is 6.03. The van der Waals surface area contributed by atoms with Crippen LogP contribution in [0.3, 0.4) is 0 Å². The minimum atomic E-state index is -4.52. The van der Waals surface area contributed by atoms with E-state index in [0.29, 0.717) is 0 Å². The molecule has 0 saturated heterocycles. The summed E-state index contributed by atoms with van der Waals surface area (Å²) in [5.41, 5.74) is -1.61. The summed E-state index contributed by atoms with van der Waals surface area (Å²) in [5.74, 6) is -1.98. The summed E-state index contributed by atoms with van der Waals surface area (Å²) >= 11 is 5.39. The summed E-state index contributed by atoms with van der Waals surface area (Å²) in [4.78, 5) is 11.6. The molecule has 1 aromatic rings. The van der Waals surface area contributed by atoms with Crippen molar-refractivity contribution in [2.45, 2.75) is 13.1 Å². The monoisotopic (exact) mass is 336 g/mol. The Morgan fingerprint density at radius 2 is 2.09 bits per heavy atom. The van der Waals surface area contributed by atoms with E-state index in [0.717, 1.165) is 18.2 Å². The first-order chi connectivity index (χ1) is 10.3. The number of halogens is 4. The van der Waals surface area contributed by atoms with Gasteiger partial charge in [-0.3, -0.25) is 0 Å². The van der Waals surface area contributed by atoms with Crippen molar-refractivity contribution >= 4 is 23.3 Å². The van der Waals surface area contributed by atoms with Crippen molar-refractivity contribution in [1.29, 1.82) is 0 Å². The maximum Gasteiger partial charge on any atom is 0.416 e. The molecule has 0 aliphatic rings. The molecule has 0 aliphatic carbocycles. The third kappa shape index (κ3) is 5.03. The molecule has 0 radical (unpaired) electrons. The lowest BCUT2D eigenvalue weighted by molar-refractivity contribution is -0.139. The van der Waals surface area contributed by atoms with Gasteiger partial charge in [-0.1, -0.05) is 6.07 Å². The number of carbonyl (C=O) groups excluding carboxylic acids is 1. The zero-order valence-corrected chi connectivity index (χ0v) is 12.1. The number of alkyl halides is 4. The van der Waals surface area contributed by atoms with Gasteiger partial charge in [-0.25, -0.2) is 4.79 Å². The standard InChI is InChI=1S/C13H12ClF3N2O3/c1-2-22-12(21)11(10(20)7-14)19-18-9-5-3-4-8(6-9)13(15,16)17/h3-6,20H,2,7H2,1H3/b11-10-,19-18?. The molecule has 0 bridgehead atoms. The SMILES string of the molecule is CCOC(=O)/C(N=Nc1cccc(C(F)(F)F)c1)=C(/O)CCl. The lowest BCUT2D eigenvalue weighted by atomic mass is 10.2. The van der Waals surface area contributed by atoms with E-state index in [2.05, 4.69) is 15.0 Å². The largest absolute Gasteiger partial charge is 0.508 e. The summed E-state index contributed by atoms with van der Waals surface area (Å²) in [7, 11) is 0. The quantitative estimate of drug-likeness (QED) is 0.285. The van der Waals surface area contributed by atoms with E-state index in [1.54, 1.807) is 0 Å². The highest BCUT2D eigenvalue weighted by molar-refractivity contribution is 6.19. The van der Waals surface area contributed by atoms with Gasteiger partial charge in [0.2, 0.25) is 5.70 Å². The van der Waals surface area contributed by atoms with Gasteiger partial charge in [0.05, 0.1) is 23.7 Å². The second-order valence-corrected chi connectivity index (χ2v) is 4.16. The molecule has 5 nitrogen and oxygen atoms in total. The Morgan fingerprint density at radius 1 is 1.41 bits per heavy atom. The van der Waals surface area contributed by atoms with Crippen molar-refractivity contribution in [3.05, 3.63) is 41.3 Å². The molecule has 0 aliphatic heterocycles. The van der Waals surface area contributed by atoms with Crippen molar-refractivity contribution in [3.8, 4) is 0 Å². The van der Waals surface area contributed by atoms with Crippen LogP contribution in [0, 0.1) is 0 Å². The maximum absolute atomic E-state index is 12.6. The smallest absolute Gasteiger partial charge is 0.416 e. The molecule has 120 valence electrons. The Bertz CT molecular complexity index is 600. The van der Waals surface area contributed by atoms with Crippen LogP contribution in [0.5, 0.6) is 0 Å². The number of hydrogen-bond donors (Lipinski definition) is 1. The average Bonchev–Trinajstić information content (AvgIpc) is 2.47. The zero-order valence-electron chi connectivity index (χ0n) is 11.4. The number of nitrogens with zero attached hydrogens (tertiary/aromatic N) is 2. The molecule has 0 fully saturated rings. The normalized spacial score (nSPS) is 13.1. The minimum absolute atomic E-state index is 0.0248. The summed E-state index contributed by atoms with van der Waals surface area (Å²) in [5, 5.41) is 16.4. The number of aliphatic hydroxyl groups excluding tert-OH is 1.